The zero-order valence-corrected chi connectivity index (χ0v) is 16.4. The summed E-state index contributed by atoms with van der Waals surface area (Å²) in [6, 6.07) is 15.9. The molecule has 1 amide bonds. The predicted molar refractivity (Wildman–Crippen MR) is 110 cm³/mol. The number of nitrogens with zero attached hydrogens (tertiary/aromatic N) is 3. The van der Waals surface area contributed by atoms with Gasteiger partial charge >= 0.3 is 0 Å². The van der Waals surface area contributed by atoms with Gasteiger partial charge in [0, 0.05) is 6.42 Å². The molecular formula is C23H25N3O3. The average Bonchev–Trinajstić information content (AvgIpc) is 3.42. The number of rotatable bonds is 4. The molecule has 2 aromatic rings. The molecule has 1 atom stereocenters. The van der Waals surface area contributed by atoms with E-state index in [4.69, 9.17) is 14.6 Å². The van der Waals surface area contributed by atoms with E-state index in [1.54, 1.807) is 5.01 Å². The number of likely N-dealkylation sites (tertiary alicyclic amines) is 1. The van der Waals surface area contributed by atoms with E-state index in [-0.39, 0.29) is 18.7 Å². The third kappa shape index (κ3) is 3.72. The Balaban J connectivity index is 1.43. The number of hydrogen-bond acceptors (Lipinski definition) is 5. The van der Waals surface area contributed by atoms with Crippen LogP contribution < -0.4 is 9.47 Å². The molecule has 0 spiro atoms. The summed E-state index contributed by atoms with van der Waals surface area (Å²) in [6.07, 6.45) is 4.27. The van der Waals surface area contributed by atoms with Crippen LogP contribution in [0.5, 0.6) is 11.5 Å². The van der Waals surface area contributed by atoms with Crippen molar-refractivity contribution < 1.29 is 14.3 Å². The molecule has 0 aliphatic carbocycles. The maximum atomic E-state index is 13.2. The van der Waals surface area contributed by atoms with Crippen molar-refractivity contribution >= 4 is 11.6 Å². The quantitative estimate of drug-likeness (QED) is 0.799. The summed E-state index contributed by atoms with van der Waals surface area (Å²) < 4.78 is 11.0. The van der Waals surface area contributed by atoms with Crippen molar-refractivity contribution in [3.05, 3.63) is 59.7 Å². The first-order valence-electron chi connectivity index (χ1n) is 10.3. The zero-order chi connectivity index (χ0) is 19.6. The number of hydrogen-bond donors (Lipinski definition) is 0. The molecule has 150 valence electrons. The van der Waals surface area contributed by atoms with Crippen LogP contribution in [-0.4, -0.2) is 48.0 Å². The van der Waals surface area contributed by atoms with Crippen molar-refractivity contribution in [3.8, 4) is 11.5 Å². The van der Waals surface area contributed by atoms with E-state index in [1.807, 2.05) is 48.5 Å². The van der Waals surface area contributed by atoms with Gasteiger partial charge < -0.3 is 9.47 Å². The molecule has 29 heavy (non-hydrogen) atoms. The first kappa shape index (κ1) is 18.2. The van der Waals surface area contributed by atoms with Gasteiger partial charge in [0.15, 0.2) is 11.5 Å². The summed E-state index contributed by atoms with van der Waals surface area (Å²) in [4.78, 5) is 15.5. The van der Waals surface area contributed by atoms with Crippen LogP contribution in [0.25, 0.3) is 0 Å². The van der Waals surface area contributed by atoms with E-state index >= 15 is 0 Å². The Hall–Kier alpha value is -2.86. The summed E-state index contributed by atoms with van der Waals surface area (Å²) in [7, 11) is 0. The third-order valence-electron chi connectivity index (χ3n) is 5.86. The first-order chi connectivity index (χ1) is 14.3. The SMILES string of the molecule is O=C(CN1CCCCC1)N1N=C(c2ccccc2)C[C@@H]1c1ccc2c(c1)OCO2. The number of hydrazone groups is 1. The Labute approximate surface area is 170 Å². The summed E-state index contributed by atoms with van der Waals surface area (Å²) in [6.45, 7) is 2.65. The number of fused-ring (bicyclic) bond motifs is 1. The number of carbonyl (C=O) groups excluding carboxylic acids is 1. The molecule has 6 nitrogen and oxygen atoms in total. The fraction of sp³-hybridized carbons (Fsp3) is 0.391. The number of amides is 1. The van der Waals surface area contributed by atoms with Crippen molar-refractivity contribution in [1.82, 2.24) is 9.91 Å². The molecule has 3 heterocycles. The largest absolute Gasteiger partial charge is 0.454 e. The second-order valence-electron chi connectivity index (χ2n) is 7.82. The van der Waals surface area contributed by atoms with Crippen LogP contribution in [-0.2, 0) is 4.79 Å². The smallest absolute Gasteiger partial charge is 0.257 e. The average molecular weight is 391 g/mol. The van der Waals surface area contributed by atoms with E-state index < -0.39 is 0 Å². The number of ether oxygens (including phenoxy) is 2. The molecule has 0 unspecified atom stereocenters. The van der Waals surface area contributed by atoms with E-state index in [9.17, 15) is 4.79 Å². The molecule has 0 bridgehead atoms. The van der Waals surface area contributed by atoms with Crippen LogP contribution in [0.2, 0.25) is 0 Å². The maximum Gasteiger partial charge on any atom is 0.257 e. The zero-order valence-electron chi connectivity index (χ0n) is 16.4. The van der Waals surface area contributed by atoms with Crippen LogP contribution >= 0.6 is 0 Å². The highest BCUT2D eigenvalue weighted by Gasteiger charge is 2.34. The van der Waals surface area contributed by atoms with Crippen LogP contribution in [0, 0.1) is 0 Å². The van der Waals surface area contributed by atoms with E-state index in [0.717, 1.165) is 54.3 Å². The Kier molecular flexibility index (Phi) is 4.94. The van der Waals surface area contributed by atoms with E-state index in [2.05, 4.69) is 4.90 Å². The monoisotopic (exact) mass is 391 g/mol. The van der Waals surface area contributed by atoms with E-state index in [0.29, 0.717) is 13.0 Å². The van der Waals surface area contributed by atoms with Crippen LogP contribution in [0.3, 0.4) is 0 Å². The minimum absolute atomic E-state index is 0.0560. The third-order valence-corrected chi connectivity index (χ3v) is 5.86. The van der Waals surface area contributed by atoms with Crippen molar-refractivity contribution in [3.63, 3.8) is 0 Å². The van der Waals surface area contributed by atoms with Crippen LogP contribution in [0.4, 0.5) is 0 Å². The first-order valence-corrected chi connectivity index (χ1v) is 10.3. The number of carbonyl (C=O) groups is 1. The number of benzene rings is 2. The lowest BCUT2D eigenvalue weighted by molar-refractivity contribution is -0.134. The summed E-state index contributed by atoms with van der Waals surface area (Å²) in [5, 5.41) is 6.47. The predicted octanol–water partition coefficient (Wildman–Crippen LogP) is 3.58. The minimum Gasteiger partial charge on any atom is -0.454 e. The number of piperidine rings is 1. The fourth-order valence-electron chi connectivity index (χ4n) is 4.31. The van der Waals surface area contributed by atoms with Gasteiger partial charge in [-0.1, -0.05) is 42.8 Å². The molecule has 1 saturated heterocycles. The highest BCUT2D eigenvalue weighted by molar-refractivity contribution is 6.03. The highest BCUT2D eigenvalue weighted by Crippen LogP contribution is 2.39. The molecular weight excluding hydrogens is 366 g/mol. The van der Waals surface area contributed by atoms with Gasteiger partial charge in [0.1, 0.15) is 0 Å². The van der Waals surface area contributed by atoms with Crippen molar-refractivity contribution in [2.75, 3.05) is 26.4 Å². The highest BCUT2D eigenvalue weighted by atomic mass is 16.7. The summed E-state index contributed by atoms with van der Waals surface area (Å²) in [5.74, 6) is 1.54. The van der Waals surface area contributed by atoms with Crippen LogP contribution in [0.15, 0.2) is 53.6 Å². The van der Waals surface area contributed by atoms with Crippen LogP contribution in [0.1, 0.15) is 42.9 Å². The lowest BCUT2D eigenvalue weighted by Crippen LogP contribution is -2.40. The normalized spacial score (nSPS) is 21.3. The topological polar surface area (TPSA) is 54.4 Å². The van der Waals surface area contributed by atoms with Gasteiger partial charge in [-0.2, -0.15) is 5.10 Å². The molecule has 0 N–H and O–H groups in total. The molecule has 3 aliphatic heterocycles. The Morgan fingerprint density at radius 3 is 2.62 bits per heavy atom. The fourth-order valence-corrected chi connectivity index (χ4v) is 4.31. The van der Waals surface area contributed by atoms with E-state index in [1.165, 1.54) is 6.42 Å². The molecule has 1 fully saturated rings. The molecule has 0 saturated carbocycles. The van der Waals surface area contributed by atoms with Crippen molar-refractivity contribution in [2.24, 2.45) is 5.10 Å². The maximum absolute atomic E-state index is 13.2. The molecule has 0 aromatic heterocycles. The second-order valence-corrected chi connectivity index (χ2v) is 7.82. The lowest BCUT2D eigenvalue weighted by Gasteiger charge is -2.29. The van der Waals surface area contributed by atoms with Crippen molar-refractivity contribution in [2.45, 2.75) is 31.7 Å². The Morgan fingerprint density at radius 2 is 1.79 bits per heavy atom. The van der Waals surface area contributed by atoms with Gasteiger partial charge in [0.25, 0.3) is 5.91 Å². The molecule has 2 aromatic carbocycles. The van der Waals surface area contributed by atoms with Gasteiger partial charge in [-0.15, -0.1) is 0 Å². The summed E-state index contributed by atoms with van der Waals surface area (Å²) >= 11 is 0. The van der Waals surface area contributed by atoms with Gasteiger partial charge in [0.2, 0.25) is 6.79 Å². The summed E-state index contributed by atoms with van der Waals surface area (Å²) in [5.41, 5.74) is 3.03. The van der Waals surface area contributed by atoms with Gasteiger partial charge in [-0.3, -0.25) is 9.69 Å². The van der Waals surface area contributed by atoms with Gasteiger partial charge in [-0.25, -0.2) is 5.01 Å². The molecule has 5 rings (SSSR count). The minimum atomic E-state index is -0.128. The molecule has 3 aliphatic rings. The molecule has 0 radical (unpaired) electrons. The van der Waals surface area contributed by atoms with Gasteiger partial charge in [0.05, 0.1) is 18.3 Å². The standard InChI is InChI=1S/C23H25N3O3/c27-23(15-25-11-5-2-6-12-25)26-20(14-19(24-26)17-7-3-1-4-8-17)18-9-10-21-22(13-18)29-16-28-21/h1,3-4,7-10,13,20H,2,5-6,11-12,14-16H2/t20-/m1/s1. The van der Waals surface area contributed by atoms with Crippen molar-refractivity contribution in [1.29, 1.82) is 0 Å². The second kappa shape index (κ2) is 7.87. The Morgan fingerprint density at radius 1 is 1.00 bits per heavy atom. The van der Waals surface area contributed by atoms with Gasteiger partial charge in [-0.05, 0) is 49.2 Å². The lowest BCUT2D eigenvalue weighted by atomic mass is 9.98. The molecule has 6 heteroatoms. The Bertz CT molecular complexity index is 922.